The van der Waals surface area contributed by atoms with Gasteiger partial charge in [-0.25, -0.2) is 0 Å². The molecule has 0 saturated carbocycles. The Morgan fingerprint density at radius 3 is 2.00 bits per heavy atom. The molecule has 0 aromatic heterocycles. The molecule has 0 fully saturated rings. The van der Waals surface area contributed by atoms with Crippen LogP contribution in [0.3, 0.4) is 0 Å². The van der Waals surface area contributed by atoms with E-state index in [9.17, 15) is 0 Å². The van der Waals surface area contributed by atoms with Crippen molar-refractivity contribution in [2.24, 2.45) is 5.92 Å². The van der Waals surface area contributed by atoms with Gasteiger partial charge in [-0.05, 0) is 0 Å². The summed E-state index contributed by atoms with van der Waals surface area (Å²) in [7, 11) is 0. The fourth-order valence-corrected chi connectivity index (χ4v) is 0.236. The van der Waals surface area contributed by atoms with Gasteiger partial charge in [0.2, 0.25) is 0 Å². The molecule has 1 atom stereocenters. The van der Waals surface area contributed by atoms with Crippen LogP contribution in [0.5, 0.6) is 0 Å². The van der Waals surface area contributed by atoms with Crippen LogP contribution >= 0.6 is 0 Å². The van der Waals surface area contributed by atoms with Crippen LogP contribution in [-0.2, 0) is 21.1 Å². The SMILES string of the molecule is C[CH-]C(C)CC.[W]. The van der Waals surface area contributed by atoms with Gasteiger partial charge in [0.25, 0.3) is 0 Å². The van der Waals surface area contributed by atoms with Crippen molar-refractivity contribution in [1.29, 1.82) is 0 Å². The average Bonchev–Trinajstić information content (AvgIpc) is 1.65. The van der Waals surface area contributed by atoms with E-state index in [4.69, 9.17) is 0 Å². The molecular weight excluding hydrogens is 256 g/mol. The molecule has 0 aliphatic rings. The van der Waals surface area contributed by atoms with Gasteiger partial charge in [-0.1, -0.05) is 20.3 Å². The van der Waals surface area contributed by atoms with Crippen LogP contribution in [0, 0.1) is 12.3 Å². The first-order valence-corrected chi connectivity index (χ1v) is 2.60. The van der Waals surface area contributed by atoms with Crippen molar-refractivity contribution in [3.8, 4) is 0 Å². The van der Waals surface area contributed by atoms with E-state index in [1.54, 1.807) is 0 Å². The van der Waals surface area contributed by atoms with E-state index < -0.39 is 0 Å². The van der Waals surface area contributed by atoms with E-state index >= 15 is 0 Å². The monoisotopic (exact) mass is 269 g/mol. The molecule has 0 bridgehead atoms. The predicted molar refractivity (Wildman–Crippen MR) is 29.4 cm³/mol. The first-order chi connectivity index (χ1) is 2.81. The number of rotatable bonds is 2. The van der Waals surface area contributed by atoms with Crippen molar-refractivity contribution in [1.82, 2.24) is 0 Å². The molecule has 1 heteroatoms. The van der Waals surface area contributed by atoms with Gasteiger partial charge in [0.05, 0.1) is 0 Å². The number of hydrogen-bond donors (Lipinski definition) is 0. The molecule has 44 valence electrons. The minimum absolute atomic E-state index is 0. The summed E-state index contributed by atoms with van der Waals surface area (Å²) in [6, 6.07) is 0. The molecule has 0 spiro atoms. The molecule has 0 amide bonds. The molecule has 0 aliphatic heterocycles. The van der Waals surface area contributed by atoms with Crippen LogP contribution in [0.4, 0.5) is 0 Å². The maximum atomic E-state index is 2.22. The second-order valence-corrected chi connectivity index (χ2v) is 1.72. The summed E-state index contributed by atoms with van der Waals surface area (Å²) in [5, 5.41) is 0. The van der Waals surface area contributed by atoms with E-state index in [0.717, 1.165) is 5.92 Å². The van der Waals surface area contributed by atoms with Gasteiger partial charge in [-0.2, -0.15) is 12.8 Å². The van der Waals surface area contributed by atoms with Crippen LogP contribution in [-0.4, -0.2) is 0 Å². The fraction of sp³-hybridized carbons (Fsp3) is 0.833. The van der Waals surface area contributed by atoms with Gasteiger partial charge in [-0.15, -0.1) is 0 Å². The molecule has 0 aromatic rings. The average molecular weight is 269 g/mol. The number of hydrogen-bond acceptors (Lipinski definition) is 0. The quantitative estimate of drug-likeness (QED) is 0.674. The minimum Gasteiger partial charge on any atom is -0.329 e. The van der Waals surface area contributed by atoms with Crippen molar-refractivity contribution in [3.63, 3.8) is 0 Å². The smallest absolute Gasteiger partial charge is 0 e. The van der Waals surface area contributed by atoms with Gasteiger partial charge >= 0.3 is 0 Å². The van der Waals surface area contributed by atoms with Crippen molar-refractivity contribution in [2.75, 3.05) is 0 Å². The normalized spacial score (nSPS) is 12.4. The van der Waals surface area contributed by atoms with Crippen LogP contribution in [0.2, 0.25) is 0 Å². The summed E-state index contributed by atoms with van der Waals surface area (Å²) < 4.78 is 0. The third-order valence-electron chi connectivity index (χ3n) is 1.21. The Labute approximate surface area is 61.0 Å². The Balaban J connectivity index is 0. The second-order valence-electron chi connectivity index (χ2n) is 1.72. The van der Waals surface area contributed by atoms with E-state index in [1.807, 2.05) is 0 Å². The van der Waals surface area contributed by atoms with E-state index in [1.165, 1.54) is 6.42 Å². The summed E-state index contributed by atoms with van der Waals surface area (Å²) in [6.07, 6.45) is 3.50. The van der Waals surface area contributed by atoms with E-state index in [0.29, 0.717) is 0 Å². The fourth-order valence-electron chi connectivity index (χ4n) is 0.236. The van der Waals surface area contributed by atoms with Gasteiger partial charge in [0.1, 0.15) is 0 Å². The molecule has 0 nitrogen and oxygen atoms in total. The zero-order valence-corrected chi connectivity index (χ0v) is 8.20. The van der Waals surface area contributed by atoms with E-state index in [2.05, 4.69) is 27.2 Å². The van der Waals surface area contributed by atoms with Gasteiger partial charge < -0.3 is 6.42 Å². The molecule has 0 heterocycles. The Kier molecular flexibility index (Phi) is 10.2. The summed E-state index contributed by atoms with van der Waals surface area (Å²) in [6.45, 7) is 6.53. The van der Waals surface area contributed by atoms with Crippen LogP contribution in [0.1, 0.15) is 27.2 Å². The van der Waals surface area contributed by atoms with E-state index in [-0.39, 0.29) is 21.1 Å². The third kappa shape index (κ3) is 6.69. The maximum absolute atomic E-state index is 2.22. The van der Waals surface area contributed by atoms with Crippen LogP contribution in [0.15, 0.2) is 0 Å². The molecule has 0 radical (unpaired) electrons. The molecular formula is C6H13W-. The Morgan fingerprint density at radius 1 is 1.57 bits per heavy atom. The zero-order chi connectivity index (χ0) is 4.99. The first-order valence-electron chi connectivity index (χ1n) is 2.60. The van der Waals surface area contributed by atoms with Gasteiger partial charge in [-0.3, -0.25) is 0 Å². The standard InChI is InChI=1S/C6H13.W/c1-4-6(3)5-2;/h4,6H,5H2,1-3H3;/q-1;. The van der Waals surface area contributed by atoms with Crippen molar-refractivity contribution in [3.05, 3.63) is 6.42 Å². The Hall–Kier alpha value is 0.688. The van der Waals surface area contributed by atoms with Crippen molar-refractivity contribution < 1.29 is 21.1 Å². The minimum atomic E-state index is 0. The molecule has 0 saturated heterocycles. The first kappa shape index (κ1) is 10.6. The Morgan fingerprint density at radius 2 is 2.00 bits per heavy atom. The van der Waals surface area contributed by atoms with Crippen molar-refractivity contribution >= 4 is 0 Å². The third-order valence-corrected chi connectivity index (χ3v) is 1.21. The summed E-state index contributed by atoms with van der Waals surface area (Å²) in [4.78, 5) is 0. The topological polar surface area (TPSA) is 0 Å². The van der Waals surface area contributed by atoms with Crippen molar-refractivity contribution in [2.45, 2.75) is 27.2 Å². The second kappa shape index (κ2) is 6.69. The zero-order valence-electron chi connectivity index (χ0n) is 5.27. The Bertz CT molecular complexity index is 23.4. The van der Waals surface area contributed by atoms with Crippen LogP contribution < -0.4 is 0 Å². The summed E-state index contributed by atoms with van der Waals surface area (Å²) in [5.74, 6) is 0.810. The molecule has 0 rings (SSSR count). The summed E-state index contributed by atoms with van der Waals surface area (Å²) >= 11 is 0. The molecule has 0 aromatic carbocycles. The molecule has 0 aliphatic carbocycles. The van der Waals surface area contributed by atoms with Crippen LogP contribution in [0.25, 0.3) is 0 Å². The molecule has 0 N–H and O–H groups in total. The maximum Gasteiger partial charge on any atom is 0 e. The molecule has 7 heavy (non-hydrogen) atoms. The predicted octanol–water partition coefficient (Wildman–Crippen LogP) is 2.25. The summed E-state index contributed by atoms with van der Waals surface area (Å²) in [5.41, 5.74) is 0. The van der Waals surface area contributed by atoms with Gasteiger partial charge in [0.15, 0.2) is 0 Å². The molecule has 1 unspecified atom stereocenters. The largest absolute Gasteiger partial charge is 0.329 e. The van der Waals surface area contributed by atoms with Gasteiger partial charge in [0, 0.05) is 21.1 Å².